The van der Waals surface area contributed by atoms with Gasteiger partial charge in [0.1, 0.15) is 11.6 Å². The maximum absolute atomic E-state index is 13.7. The second-order valence-corrected chi connectivity index (χ2v) is 4.15. The Balaban J connectivity index is 0.000000861. The van der Waals surface area contributed by atoms with Gasteiger partial charge in [-0.1, -0.05) is 13.8 Å². The SMILES string of the molecule is CC.Cc1cc(F)c(C2CCC(=O)NC2=O)c(F)c1. The Kier molecular flexibility index (Phi) is 5.15. The largest absolute Gasteiger partial charge is 0.296 e. The molecule has 0 spiro atoms. The number of rotatable bonds is 1. The lowest BCUT2D eigenvalue weighted by Gasteiger charge is -2.22. The van der Waals surface area contributed by atoms with Gasteiger partial charge < -0.3 is 0 Å². The number of carbonyl (C=O) groups is 2. The van der Waals surface area contributed by atoms with Gasteiger partial charge in [0.05, 0.1) is 5.92 Å². The van der Waals surface area contributed by atoms with Gasteiger partial charge in [-0.2, -0.15) is 0 Å². The molecule has 104 valence electrons. The highest BCUT2D eigenvalue weighted by Gasteiger charge is 2.32. The van der Waals surface area contributed by atoms with Gasteiger partial charge in [0.2, 0.25) is 11.8 Å². The number of hydrogen-bond acceptors (Lipinski definition) is 2. The molecule has 1 fully saturated rings. The van der Waals surface area contributed by atoms with Gasteiger partial charge in [-0.25, -0.2) is 8.78 Å². The second-order valence-electron chi connectivity index (χ2n) is 4.15. The highest BCUT2D eigenvalue weighted by atomic mass is 19.1. The summed E-state index contributed by atoms with van der Waals surface area (Å²) in [7, 11) is 0. The van der Waals surface area contributed by atoms with Crippen molar-refractivity contribution in [3.05, 3.63) is 34.9 Å². The normalized spacial score (nSPS) is 18.5. The molecule has 1 heterocycles. The van der Waals surface area contributed by atoms with Gasteiger partial charge in [-0.15, -0.1) is 0 Å². The van der Waals surface area contributed by atoms with Crippen molar-refractivity contribution >= 4 is 11.8 Å². The molecule has 1 aromatic carbocycles. The van der Waals surface area contributed by atoms with E-state index in [1.54, 1.807) is 6.92 Å². The molecule has 19 heavy (non-hydrogen) atoms. The zero-order valence-electron chi connectivity index (χ0n) is 11.2. The third-order valence-corrected chi connectivity index (χ3v) is 2.81. The lowest BCUT2D eigenvalue weighted by atomic mass is 9.89. The van der Waals surface area contributed by atoms with Crippen molar-refractivity contribution < 1.29 is 18.4 Å². The number of imide groups is 1. The van der Waals surface area contributed by atoms with Crippen LogP contribution in [0.2, 0.25) is 0 Å². The third-order valence-electron chi connectivity index (χ3n) is 2.81. The minimum absolute atomic E-state index is 0.100. The van der Waals surface area contributed by atoms with E-state index in [2.05, 4.69) is 5.32 Å². The first kappa shape index (κ1) is 15.3. The van der Waals surface area contributed by atoms with Crippen molar-refractivity contribution in [3.63, 3.8) is 0 Å². The minimum atomic E-state index is -0.923. The summed E-state index contributed by atoms with van der Waals surface area (Å²) in [6.45, 7) is 5.57. The molecule has 0 saturated carbocycles. The fourth-order valence-electron chi connectivity index (χ4n) is 2.01. The zero-order valence-corrected chi connectivity index (χ0v) is 11.2. The molecule has 2 amide bonds. The van der Waals surface area contributed by atoms with Crippen molar-refractivity contribution in [3.8, 4) is 0 Å². The van der Waals surface area contributed by atoms with Crippen LogP contribution in [0.1, 0.15) is 43.7 Å². The summed E-state index contributed by atoms with van der Waals surface area (Å²) in [5.74, 6) is -3.44. The van der Waals surface area contributed by atoms with Gasteiger partial charge in [0.15, 0.2) is 0 Å². The van der Waals surface area contributed by atoms with Gasteiger partial charge in [0.25, 0.3) is 0 Å². The standard InChI is InChI=1S/C12H11F2NO2.C2H6/c1-6-4-8(13)11(9(14)5-6)7-2-3-10(16)15-12(7)17;1-2/h4-5,7H,2-3H2,1H3,(H,15,16,17);1-2H3. The Bertz CT molecular complexity index is 477. The van der Waals surface area contributed by atoms with E-state index < -0.39 is 29.4 Å². The van der Waals surface area contributed by atoms with Crippen LogP contribution in [0.3, 0.4) is 0 Å². The number of halogens is 2. The summed E-state index contributed by atoms with van der Waals surface area (Å²) in [5.41, 5.74) is 0.205. The number of nitrogens with one attached hydrogen (secondary N) is 1. The van der Waals surface area contributed by atoms with Crippen LogP contribution in [0.5, 0.6) is 0 Å². The Morgan fingerprint density at radius 2 is 1.68 bits per heavy atom. The molecule has 0 aliphatic carbocycles. The number of amides is 2. The summed E-state index contributed by atoms with van der Waals surface area (Å²) >= 11 is 0. The van der Waals surface area contributed by atoms with E-state index in [1.807, 2.05) is 13.8 Å². The van der Waals surface area contributed by atoms with Gasteiger partial charge >= 0.3 is 0 Å². The molecule has 0 bridgehead atoms. The van der Waals surface area contributed by atoms with E-state index in [-0.39, 0.29) is 18.4 Å². The van der Waals surface area contributed by atoms with E-state index in [0.29, 0.717) is 5.56 Å². The first-order valence-electron chi connectivity index (χ1n) is 6.28. The summed E-state index contributed by atoms with van der Waals surface area (Å²) < 4.78 is 27.3. The average molecular weight is 269 g/mol. The highest BCUT2D eigenvalue weighted by Crippen LogP contribution is 2.29. The van der Waals surface area contributed by atoms with Crippen LogP contribution in [-0.2, 0) is 9.59 Å². The van der Waals surface area contributed by atoms with Crippen LogP contribution in [-0.4, -0.2) is 11.8 Å². The van der Waals surface area contributed by atoms with Crippen LogP contribution in [0.25, 0.3) is 0 Å². The summed E-state index contributed by atoms with van der Waals surface area (Å²) in [6, 6.07) is 2.37. The molecular weight excluding hydrogens is 252 g/mol. The fraction of sp³-hybridized carbons (Fsp3) is 0.429. The minimum Gasteiger partial charge on any atom is -0.296 e. The van der Waals surface area contributed by atoms with Crippen LogP contribution in [0.4, 0.5) is 8.78 Å². The molecule has 3 nitrogen and oxygen atoms in total. The number of benzene rings is 1. The molecule has 1 aromatic rings. The van der Waals surface area contributed by atoms with Crippen LogP contribution in [0.15, 0.2) is 12.1 Å². The van der Waals surface area contributed by atoms with E-state index in [9.17, 15) is 18.4 Å². The maximum atomic E-state index is 13.7. The van der Waals surface area contributed by atoms with Crippen molar-refractivity contribution in [2.75, 3.05) is 0 Å². The average Bonchev–Trinajstić information content (AvgIpc) is 2.33. The molecule has 1 aliphatic heterocycles. The summed E-state index contributed by atoms with van der Waals surface area (Å²) in [6.07, 6.45) is 0.241. The number of piperidine rings is 1. The smallest absolute Gasteiger partial charge is 0.234 e. The number of hydrogen-bond donors (Lipinski definition) is 1. The van der Waals surface area contributed by atoms with Crippen LogP contribution in [0, 0.1) is 18.6 Å². The predicted octanol–water partition coefficient (Wildman–Crippen LogP) is 2.82. The molecule has 1 saturated heterocycles. The third kappa shape index (κ3) is 3.36. The van der Waals surface area contributed by atoms with E-state index in [0.717, 1.165) is 0 Å². The lowest BCUT2D eigenvalue weighted by Crippen LogP contribution is -2.40. The first-order valence-corrected chi connectivity index (χ1v) is 6.28. The molecule has 1 atom stereocenters. The van der Waals surface area contributed by atoms with Crippen molar-refractivity contribution in [1.29, 1.82) is 0 Å². The Hall–Kier alpha value is -1.78. The maximum Gasteiger partial charge on any atom is 0.234 e. The van der Waals surface area contributed by atoms with Crippen molar-refractivity contribution in [2.45, 2.75) is 39.5 Å². The predicted molar refractivity (Wildman–Crippen MR) is 67.6 cm³/mol. The van der Waals surface area contributed by atoms with E-state index in [4.69, 9.17) is 0 Å². The molecule has 0 radical (unpaired) electrons. The Morgan fingerprint density at radius 3 is 2.16 bits per heavy atom. The van der Waals surface area contributed by atoms with Crippen molar-refractivity contribution in [2.24, 2.45) is 0 Å². The quantitative estimate of drug-likeness (QED) is 0.797. The molecule has 2 rings (SSSR count). The summed E-state index contributed by atoms with van der Waals surface area (Å²) in [4.78, 5) is 22.5. The Labute approximate surface area is 111 Å². The molecular formula is C14H17F2NO2. The second kappa shape index (κ2) is 6.41. The van der Waals surface area contributed by atoms with Gasteiger partial charge in [0, 0.05) is 12.0 Å². The molecule has 1 aliphatic rings. The van der Waals surface area contributed by atoms with Gasteiger partial charge in [-0.05, 0) is 31.0 Å². The van der Waals surface area contributed by atoms with E-state index >= 15 is 0 Å². The molecule has 1 unspecified atom stereocenters. The molecule has 5 heteroatoms. The topological polar surface area (TPSA) is 46.2 Å². The zero-order chi connectivity index (χ0) is 14.6. The van der Waals surface area contributed by atoms with E-state index in [1.165, 1.54) is 12.1 Å². The Morgan fingerprint density at radius 1 is 1.16 bits per heavy atom. The molecule has 0 aromatic heterocycles. The number of aryl methyl sites for hydroxylation is 1. The molecule has 1 N–H and O–H groups in total. The van der Waals surface area contributed by atoms with Crippen molar-refractivity contribution in [1.82, 2.24) is 5.32 Å². The lowest BCUT2D eigenvalue weighted by molar-refractivity contribution is -0.134. The highest BCUT2D eigenvalue weighted by molar-refractivity contribution is 6.00. The fourth-order valence-corrected chi connectivity index (χ4v) is 2.01. The number of carbonyl (C=O) groups excluding carboxylic acids is 2. The monoisotopic (exact) mass is 269 g/mol. The van der Waals surface area contributed by atoms with Crippen LogP contribution >= 0.6 is 0 Å². The van der Waals surface area contributed by atoms with Gasteiger partial charge in [-0.3, -0.25) is 14.9 Å². The summed E-state index contributed by atoms with van der Waals surface area (Å²) in [5, 5.41) is 2.09. The first-order chi connectivity index (χ1) is 8.99. The van der Waals surface area contributed by atoms with Crippen LogP contribution < -0.4 is 5.32 Å².